The van der Waals surface area contributed by atoms with Crippen molar-refractivity contribution in [2.24, 2.45) is 7.05 Å². The summed E-state index contributed by atoms with van der Waals surface area (Å²) in [6.45, 7) is 0. The van der Waals surface area contributed by atoms with Gasteiger partial charge in [0.15, 0.2) is 6.10 Å². The van der Waals surface area contributed by atoms with E-state index in [9.17, 15) is 9.90 Å². The number of halogens is 1. The molecule has 90 valence electrons. The molecule has 0 fully saturated rings. The lowest BCUT2D eigenvalue weighted by molar-refractivity contribution is -0.150. The Morgan fingerprint density at radius 3 is 2.88 bits per heavy atom. The van der Waals surface area contributed by atoms with Crippen molar-refractivity contribution in [2.45, 2.75) is 6.10 Å². The Hall–Kier alpha value is -1.33. The fraction of sp³-hybridized carbons (Fsp3) is 0.250. The Labute approximate surface area is 107 Å². The van der Waals surface area contributed by atoms with Crippen LogP contribution in [0.3, 0.4) is 0 Å². The maximum atomic E-state index is 11.4. The predicted octanol–water partition coefficient (Wildman–Crippen LogP) is 2.15. The molecule has 0 aliphatic carbocycles. The summed E-state index contributed by atoms with van der Waals surface area (Å²) in [5.41, 5.74) is 1.36. The standard InChI is InChI=1S/C12H12BrNO3/c1-14-6-9(13)7-4-3-5-8(10(7)14)11(15)12(16)17-2/h3-6,11,15H,1-2H3. The van der Waals surface area contributed by atoms with Crippen LogP contribution in [0.1, 0.15) is 11.7 Å². The second-order valence-electron chi connectivity index (χ2n) is 3.76. The average molecular weight is 298 g/mol. The first-order chi connectivity index (χ1) is 8.06. The summed E-state index contributed by atoms with van der Waals surface area (Å²) in [7, 11) is 3.12. The van der Waals surface area contributed by atoms with Crippen LogP contribution in [0, 0.1) is 0 Å². The molecule has 1 atom stereocenters. The number of rotatable bonds is 2. The molecule has 0 saturated heterocycles. The smallest absolute Gasteiger partial charge is 0.339 e. The highest BCUT2D eigenvalue weighted by Gasteiger charge is 2.22. The van der Waals surface area contributed by atoms with Crippen molar-refractivity contribution in [3.63, 3.8) is 0 Å². The molecule has 1 aromatic carbocycles. The van der Waals surface area contributed by atoms with Crippen LogP contribution >= 0.6 is 15.9 Å². The van der Waals surface area contributed by atoms with Gasteiger partial charge < -0.3 is 14.4 Å². The van der Waals surface area contributed by atoms with Crippen molar-refractivity contribution in [2.75, 3.05) is 7.11 Å². The number of aliphatic hydroxyl groups excluding tert-OH is 1. The molecule has 1 aromatic heterocycles. The van der Waals surface area contributed by atoms with Gasteiger partial charge in [0.1, 0.15) is 0 Å². The van der Waals surface area contributed by atoms with Crippen LogP contribution in [0.4, 0.5) is 0 Å². The minimum atomic E-state index is -1.26. The minimum Gasteiger partial charge on any atom is -0.467 e. The molecule has 0 aliphatic rings. The summed E-state index contributed by atoms with van der Waals surface area (Å²) in [5.74, 6) is -0.658. The van der Waals surface area contributed by atoms with Crippen LogP contribution in [0.5, 0.6) is 0 Å². The van der Waals surface area contributed by atoms with Gasteiger partial charge in [-0.05, 0) is 15.9 Å². The first kappa shape index (κ1) is 12.1. The van der Waals surface area contributed by atoms with Crippen molar-refractivity contribution < 1.29 is 14.6 Å². The number of para-hydroxylation sites is 1. The number of nitrogens with zero attached hydrogens (tertiary/aromatic N) is 1. The number of aliphatic hydroxyl groups is 1. The Balaban J connectivity index is 2.66. The molecule has 0 spiro atoms. The molecule has 1 heterocycles. The highest BCUT2D eigenvalue weighted by molar-refractivity contribution is 9.10. The summed E-state index contributed by atoms with van der Waals surface area (Å²) in [6.07, 6.45) is 0.627. The maximum absolute atomic E-state index is 11.4. The maximum Gasteiger partial charge on any atom is 0.339 e. The molecule has 0 amide bonds. The van der Waals surface area contributed by atoms with E-state index in [-0.39, 0.29) is 0 Å². The van der Waals surface area contributed by atoms with Crippen LogP contribution in [0.2, 0.25) is 0 Å². The summed E-state index contributed by atoms with van der Waals surface area (Å²) in [5, 5.41) is 10.9. The number of carbonyl (C=O) groups is 1. The van der Waals surface area contributed by atoms with Gasteiger partial charge in [-0.25, -0.2) is 4.79 Å². The topological polar surface area (TPSA) is 51.5 Å². The summed E-state index contributed by atoms with van der Waals surface area (Å²) < 4.78 is 7.34. The molecule has 0 aliphatic heterocycles. The molecule has 1 unspecified atom stereocenters. The largest absolute Gasteiger partial charge is 0.467 e. The first-order valence-corrected chi connectivity index (χ1v) is 5.85. The fourth-order valence-electron chi connectivity index (χ4n) is 1.91. The lowest BCUT2D eigenvalue weighted by Crippen LogP contribution is -2.14. The Kier molecular flexibility index (Phi) is 3.22. The van der Waals surface area contributed by atoms with E-state index in [0.29, 0.717) is 5.56 Å². The number of fused-ring (bicyclic) bond motifs is 1. The molecule has 4 nitrogen and oxygen atoms in total. The zero-order chi connectivity index (χ0) is 12.6. The van der Waals surface area contributed by atoms with E-state index in [2.05, 4.69) is 20.7 Å². The molecule has 5 heteroatoms. The number of aryl methyl sites for hydroxylation is 1. The Morgan fingerprint density at radius 2 is 2.24 bits per heavy atom. The van der Waals surface area contributed by atoms with Crippen molar-refractivity contribution in [1.29, 1.82) is 0 Å². The van der Waals surface area contributed by atoms with E-state index < -0.39 is 12.1 Å². The van der Waals surface area contributed by atoms with Crippen LogP contribution in [0.15, 0.2) is 28.9 Å². The van der Waals surface area contributed by atoms with E-state index in [4.69, 9.17) is 0 Å². The molecular formula is C12H12BrNO3. The third-order valence-electron chi connectivity index (χ3n) is 2.70. The molecule has 2 aromatic rings. The minimum absolute atomic E-state index is 0.544. The molecule has 0 radical (unpaired) electrons. The number of hydrogen-bond acceptors (Lipinski definition) is 3. The third kappa shape index (κ3) is 1.96. The first-order valence-electron chi connectivity index (χ1n) is 5.05. The van der Waals surface area contributed by atoms with Gasteiger partial charge in [-0.3, -0.25) is 0 Å². The van der Waals surface area contributed by atoms with Crippen LogP contribution in [-0.2, 0) is 16.6 Å². The third-order valence-corrected chi connectivity index (χ3v) is 3.34. The lowest BCUT2D eigenvalue weighted by Gasteiger charge is -2.11. The number of carbonyl (C=O) groups excluding carboxylic acids is 1. The van der Waals surface area contributed by atoms with Gasteiger partial charge in [-0.1, -0.05) is 18.2 Å². The number of esters is 1. The van der Waals surface area contributed by atoms with Crippen molar-refractivity contribution in [3.05, 3.63) is 34.4 Å². The predicted molar refractivity (Wildman–Crippen MR) is 67.6 cm³/mol. The quantitative estimate of drug-likeness (QED) is 0.864. The number of hydrogen-bond donors (Lipinski definition) is 1. The number of aromatic nitrogens is 1. The summed E-state index contributed by atoms with van der Waals surface area (Å²) in [6, 6.07) is 5.44. The molecule has 1 N–H and O–H groups in total. The molecule has 17 heavy (non-hydrogen) atoms. The lowest BCUT2D eigenvalue weighted by atomic mass is 10.1. The van der Waals surface area contributed by atoms with E-state index in [1.165, 1.54) is 7.11 Å². The second kappa shape index (κ2) is 4.50. The summed E-state index contributed by atoms with van der Waals surface area (Å²) >= 11 is 3.44. The Bertz CT molecular complexity index is 576. The average Bonchev–Trinajstić information content (AvgIpc) is 2.63. The van der Waals surface area contributed by atoms with Gasteiger partial charge in [-0.2, -0.15) is 0 Å². The van der Waals surface area contributed by atoms with Crippen LogP contribution in [-0.4, -0.2) is 22.8 Å². The fourth-order valence-corrected chi connectivity index (χ4v) is 2.54. The highest BCUT2D eigenvalue weighted by atomic mass is 79.9. The van der Waals surface area contributed by atoms with E-state index >= 15 is 0 Å². The summed E-state index contributed by atoms with van der Waals surface area (Å²) in [4.78, 5) is 11.4. The zero-order valence-electron chi connectivity index (χ0n) is 9.48. The van der Waals surface area contributed by atoms with Gasteiger partial charge in [-0.15, -0.1) is 0 Å². The van der Waals surface area contributed by atoms with E-state index in [1.807, 2.05) is 23.9 Å². The monoisotopic (exact) mass is 297 g/mol. The number of benzene rings is 1. The second-order valence-corrected chi connectivity index (χ2v) is 4.61. The van der Waals surface area contributed by atoms with E-state index in [0.717, 1.165) is 15.4 Å². The van der Waals surface area contributed by atoms with Crippen LogP contribution < -0.4 is 0 Å². The van der Waals surface area contributed by atoms with Gasteiger partial charge in [0.05, 0.1) is 12.6 Å². The highest BCUT2D eigenvalue weighted by Crippen LogP contribution is 2.31. The van der Waals surface area contributed by atoms with Gasteiger partial charge >= 0.3 is 5.97 Å². The van der Waals surface area contributed by atoms with Gasteiger partial charge in [0.2, 0.25) is 0 Å². The van der Waals surface area contributed by atoms with Crippen molar-refractivity contribution in [3.8, 4) is 0 Å². The number of methoxy groups -OCH3 is 1. The zero-order valence-corrected chi connectivity index (χ0v) is 11.1. The SMILES string of the molecule is COC(=O)C(O)c1cccc2c(Br)cn(C)c12. The normalized spacial score (nSPS) is 12.7. The Morgan fingerprint density at radius 1 is 1.53 bits per heavy atom. The molecule has 0 saturated carbocycles. The number of ether oxygens (including phenoxy) is 1. The molecule has 2 rings (SSSR count). The molecule has 0 bridgehead atoms. The van der Waals surface area contributed by atoms with Crippen molar-refractivity contribution in [1.82, 2.24) is 4.57 Å². The van der Waals surface area contributed by atoms with Gasteiger partial charge in [0.25, 0.3) is 0 Å². The van der Waals surface area contributed by atoms with Gasteiger partial charge in [0, 0.05) is 28.7 Å². The van der Waals surface area contributed by atoms with Crippen molar-refractivity contribution >= 4 is 32.8 Å². The molecular weight excluding hydrogens is 286 g/mol. The van der Waals surface area contributed by atoms with Crippen LogP contribution in [0.25, 0.3) is 10.9 Å². The van der Waals surface area contributed by atoms with E-state index in [1.54, 1.807) is 12.1 Å².